The van der Waals surface area contributed by atoms with Crippen molar-refractivity contribution in [1.82, 2.24) is 10.2 Å². The first-order valence-corrected chi connectivity index (χ1v) is 7.49. The normalized spacial score (nSPS) is 11.3. The lowest BCUT2D eigenvalue weighted by molar-refractivity contribution is 0.414. The number of benzene rings is 1. The fourth-order valence-electron chi connectivity index (χ4n) is 1.41. The number of nitrogens with zero attached hydrogens (tertiary/aromatic N) is 2. The Hall–Kier alpha value is -1.87. The zero-order valence-corrected chi connectivity index (χ0v) is 11.9. The molecule has 102 valence electrons. The van der Waals surface area contributed by atoms with E-state index in [0.29, 0.717) is 10.8 Å². The van der Waals surface area contributed by atoms with Crippen LogP contribution in [0.3, 0.4) is 0 Å². The Bertz CT molecular complexity index is 697. The molecule has 0 saturated heterocycles. The molecule has 1 aromatic heterocycles. The number of rotatable bonds is 4. The van der Waals surface area contributed by atoms with Crippen molar-refractivity contribution in [2.75, 3.05) is 17.6 Å². The molecule has 0 aliphatic heterocycles. The lowest BCUT2D eigenvalue weighted by Gasteiger charge is -2.09. The van der Waals surface area contributed by atoms with E-state index in [2.05, 4.69) is 14.9 Å². The number of sulfonamides is 1. The fraction of sp³-hybridized carbons (Fsp3) is 0.200. The van der Waals surface area contributed by atoms with Crippen molar-refractivity contribution < 1.29 is 13.2 Å². The Morgan fingerprint density at radius 1 is 1.37 bits per heavy atom. The topological polar surface area (TPSA) is 107 Å². The molecular weight excluding hydrogens is 288 g/mol. The van der Waals surface area contributed by atoms with Gasteiger partial charge in [0.15, 0.2) is 0 Å². The molecular formula is C10H12N4O3S2. The van der Waals surface area contributed by atoms with Crippen LogP contribution in [0.15, 0.2) is 23.1 Å². The third-order valence-corrected chi connectivity index (χ3v) is 4.55. The molecule has 0 amide bonds. The van der Waals surface area contributed by atoms with E-state index in [1.165, 1.54) is 25.3 Å². The Balaban J connectivity index is 2.34. The number of ether oxygens (including phenoxy) is 1. The summed E-state index contributed by atoms with van der Waals surface area (Å²) in [6.07, 6.45) is 0. The molecule has 1 heterocycles. The number of nitrogens with one attached hydrogen (secondary N) is 1. The van der Waals surface area contributed by atoms with Crippen LogP contribution in [-0.2, 0) is 10.0 Å². The largest absolute Gasteiger partial charge is 0.497 e. The maximum Gasteiger partial charge on any atom is 0.265 e. The molecule has 0 aliphatic rings. The molecule has 0 atom stereocenters. The molecule has 0 bridgehead atoms. The Morgan fingerprint density at radius 2 is 2.11 bits per heavy atom. The zero-order chi connectivity index (χ0) is 14.0. The number of nitrogens with two attached hydrogens (primary N) is 1. The zero-order valence-electron chi connectivity index (χ0n) is 10.2. The van der Waals surface area contributed by atoms with Gasteiger partial charge in [-0.25, -0.2) is 8.42 Å². The average molecular weight is 300 g/mol. The summed E-state index contributed by atoms with van der Waals surface area (Å²) in [5.74, 6) is 0.489. The summed E-state index contributed by atoms with van der Waals surface area (Å²) in [4.78, 5) is -0.0267. The van der Waals surface area contributed by atoms with Gasteiger partial charge >= 0.3 is 0 Å². The number of hydrogen-bond acceptors (Lipinski definition) is 7. The van der Waals surface area contributed by atoms with E-state index in [1.54, 1.807) is 6.92 Å². The minimum Gasteiger partial charge on any atom is -0.497 e. The lowest BCUT2D eigenvalue weighted by atomic mass is 10.3. The van der Waals surface area contributed by atoms with Gasteiger partial charge in [-0.1, -0.05) is 11.3 Å². The molecule has 0 saturated carbocycles. The molecule has 0 fully saturated rings. The van der Waals surface area contributed by atoms with Crippen LogP contribution in [0.5, 0.6) is 5.75 Å². The van der Waals surface area contributed by atoms with Crippen LogP contribution in [0.2, 0.25) is 0 Å². The van der Waals surface area contributed by atoms with Crippen molar-refractivity contribution in [3.63, 3.8) is 0 Å². The van der Waals surface area contributed by atoms with Crippen LogP contribution in [0.25, 0.3) is 0 Å². The maximum absolute atomic E-state index is 12.1. The van der Waals surface area contributed by atoms with E-state index < -0.39 is 10.0 Å². The van der Waals surface area contributed by atoms with E-state index >= 15 is 0 Å². The van der Waals surface area contributed by atoms with Gasteiger partial charge < -0.3 is 10.5 Å². The maximum atomic E-state index is 12.1. The fourth-order valence-corrected chi connectivity index (χ4v) is 3.34. The highest BCUT2D eigenvalue weighted by molar-refractivity contribution is 7.93. The average Bonchev–Trinajstić information content (AvgIpc) is 2.73. The Kier molecular flexibility index (Phi) is 3.58. The van der Waals surface area contributed by atoms with Gasteiger partial charge in [0.25, 0.3) is 10.0 Å². The number of anilines is 2. The monoisotopic (exact) mass is 300 g/mol. The summed E-state index contributed by atoms with van der Waals surface area (Å²) in [5.41, 5.74) is 5.81. The Morgan fingerprint density at radius 3 is 2.63 bits per heavy atom. The summed E-state index contributed by atoms with van der Waals surface area (Å²) >= 11 is 1.14. The summed E-state index contributed by atoms with van der Waals surface area (Å²) in [6, 6.07) is 4.35. The summed E-state index contributed by atoms with van der Waals surface area (Å²) < 4.78 is 31.6. The van der Waals surface area contributed by atoms with Gasteiger partial charge in [-0.2, -0.15) is 0 Å². The molecule has 9 heteroatoms. The molecule has 2 rings (SSSR count). The van der Waals surface area contributed by atoms with E-state index in [4.69, 9.17) is 10.5 Å². The third kappa shape index (κ3) is 2.93. The molecule has 2 aromatic rings. The van der Waals surface area contributed by atoms with Crippen molar-refractivity contribution in [2.24, 2.45) is 0 Å². The van der Waals surface area contributed by atoms with Crippen molar-refractivity contribution in [1.29, 1.82) is 0 Å². The first kappa shape index (κ1) is 13.6. The van der Waals surface area contributed by atoms with Gasteiger partial charge in [-0.3, -0.25) is 4.72 Å². The molecule has 0 spiro atoms. The smallest absolute Gasteiger partial charge is 0.265 e. The molecule has 0 radical (unpaired) electrons. The number of nitrogen functional groups attached to an aromatic ring is 1. The quantitative estimate of drug-likeness (QED) is 0.823. The SMILES string of the molecule is COc1ccc(S(=O)(=O)Nc2nnc(C)s2)c(N)c1. The van der Waals surface area contributed by atoms with Crippen molar-refractivity contribution in [3.05, 3.63) is 23.2 Å². The predicted molar refractivity (Wildman–Crippen MR) is 72.9 cm³/mol. The van der Waals surface area contributed by atoms with Crippen molar-refractivity contribution in [2.45, 2.75) is 11.8 Å². The second-order valence-corrected chi connectivity index (χ2v) is 6.47. The van der Waals surface area contributed by atoms with Crippen molar-refractivity contribution >= 4 is 32.2 Å². The molecule has 19 heavy (non-hydrogen) atoms. The highest BCUT2D eigenvalue weighted by atomic mass is 32.2. The minimum absolute atomic E-state index is 0.0267. The van der Waals surface area contributed by atoms with Gasteiger partial charge in [0, 0.05) is 6.07 Å². The third-order valence-electron chi connectivity index (χ3n) is 2.25. The highest BCUT2D eigenvalue weighted by Gasteiger charge is 2.19. The molecule has 0 aliphatic carbocycles. The van der Waals surface area contributed by atoms with Crippen molar-refractivity contribution in [3.8, 4) is 5.75 Å². The van der Waals surface area contributed by atoms with Crippen LogP contribution in [0.4, 0.5) is 10.8 Å². The standard InChI is InChI=1S/C10H12N4O3S2/c1-6-12-13-10(18-6)14-19(15,16)9-4-3-7(17-2)5-8(9)11/h3-5H,11H2,1-2H3,(H,13,14). The summed E-state index contributed by atoms with van der Waals surface area (Å²) in [7, 11) is -2.30. The molecule has 3 N–H and O–H groups in total. The van der Waals surface area contributed by atoms with Crippen LogP contribution in [0, 0.1) is 6.92 Å². The number of methoxy groups -OCH3 is 1. The number of hydrogen-bond donors (Lipinski definition) is 2. The second kappa shape index (κ2) is 5.02. The highest BCUT2D eigenvalue weighted by Crippen LogP contribution is 2.26. The van der Waals surface area contributed by atoms with Gasteiger partial charge in [-0.15, -0.1) is 10.2 Å². The van der Waals surface area contributed by atoms with Crippen LogP contribution in [-0.4, -0.2) is 25.7 Å². The minimum atomic E-state index is -3.78. The van der Waals surface area contributed by atoms with Crippen LogP contribution < -0.4 is 15.2 Å². The van der Waals surface area contributed by atoms with Gasteiger partial charge in [0.2, 0.25) is 5.13 Å². The number of aryl methyl sites for hydroxylation is 1. The lowest BCUT2D eigenvalue weighted by Crippen LogP contribution is -2.14. The van der Waals surface area contributed by atoms with E-state index in [1.807, 2.05) is 0 Å². The second-order valence-electron chi connectivity index (χ2n) is 3.64. The van der Waals surface area contributed by atoms with Gasteiger partial charge in [-0.05, 0) is 19.1 Å². The summed E-state index contributed by atoms with van der Waals surface area (Å²) in [6.45, 7) is 1.73. The van der Waals surface area contributed by atoms with Gasteiger partial charge in [0.1, 0.15) is 15.7 Å². The summed E-state index contributed by atoms with van der Waals surface area (Å²) in [5, 5.41) is 8.31. The molecule has 7 nitrogen and oxygen atoms in total. The van der Waals surface area contributed by atoms with Gasteiger partial charge in [0.05, 0.1) is 12.8 Å². The number of aromatic nitrogens is 2. The predicted octanol–water partition coefficient (Wildman–Crippen LogP) is 1.24. The first-order chi connectivity index (χ1) is 8.92. The van der Waals surface area contributed by atoms with E-state index in [9.17, 15) is 8.42 Å². The molecule has 0 unspecified atom stereocenters. The van der Waals surface area contributed by atoms with E-state index in [0.717, 1.165) is 11.3 Å². The van der Waals surface area contributed by atoms with Crippen LogP contribution in [0.1, 0.15) is 5.01 Å². The molecule has 1 aromatic carbocycles. The van der Waals surface area contributed by atoms with E-state index in [-0.39, 0.29) is 15.7 Å². The Labute approximate surface area is 114 Å². The first-order valence-electron chi connectivity index (χ1n) is 5.19. The van der Waals surface area contributed by atoms with Crippen LogP contribution >= 0.6 is 11.3 Å².